The third kappa shape index (κ3) is 4.06. The van der Waals surface area contributed by atoms with E-state index in [0.29, 0.717) is 0 Å². The summed E-state index contributed by atoms with van der Waals surface area (Å²) in [7, 11) is -1.05. The maximum atomic E-state index is 2.69. The second-order valence-electron chi connectivity index (χ2n) is 5.22. The van der Waals surface area contributed by atoms with Gasteiger partial charge in [-0.15, -0.1) is 0 Å². The minimum absolute atomic E-state index is 1.05. The number of rotatable bonds is 6. The summed E-state index contributed by atoms with van der Waals surface area (Å²) in [5.41, 5.74) is 2.58. The van der Waals surface area contributed by atoms with Gasteiger partial charge in [-0.1, -0.05) is 44.1 Å². The Morgan fingerprint density at radius 3 is 2.19 bits per heavy atom. The molecular weight excluding hydrogens is 210 g/mol. The fourth-order valence-electron chi connectivity index (χ4n) is 2.84. The average Bonchev–Trinajstić information content (AvgIpc) is 2.36. The predicted molar refractivity (Wildman–Crippen MR) is 76.6 cm³/mol. The van der Waals surface area contributed by atoms with Gasteiger partial charge in [-0.2, -0.15) is 0 Å². The molecule has 94 valence electrons. The van der Waals surface area contributed by atoms with Gasteiger partial charge in [0.25, 0.3) is 0 Å². The highest BCUT2D eigenvalue weighted by Gasteiger charge is 2.26. The van der Waals surface area contributed by atoms with E-state index in [1.54, 1.807) is 0 Å². The van der Waals surface area contributed by atoms with Crippen molar-refractivity contribution >= 4 is 8.07 Å². The fraction of sp³-hybridized carbons (Fsp3) is 0.857. The van der Waals surface area contributed by atoms with Crippen LogP contribution in [0.1, 0.15) is 40.0 Å². The molecule has 1 saturated heterocycles. The Morgan fingerprint density at radius 1 is 1.06 bits per heavy atom. The van der Waals surface area contributed by atoms with E-state index in [-0.39, 0.29) is 0 Å². The van der Waals surface area contributed by atoms with Crippen LogP contribution in [0.25, 0.3) is 0 Å². The van der Waals surface area contributed by atoms with Crippen LogP contribution in [0.15, 0.2) is 11.8 Å². The van der Waals surface area contributed by atoms with Crippen LogP contribution in [-0.4, -0.2) is 32.6 Å². The molecule has 0 aromatic carbocycles. The first-order valence-electron chi connectivity index (χ1n) is 7.12. The molecule has 0 unspecified atom stereocenters. The minimum atomic E-state index is -1.05. The minimum Gasteiger partial charge on any atom is -0.304 e. The van der Waals surface area contributed by atoms with Crippen LogP contribution in [0.2, 0.25) is 18.1 Å². The summed E-state index contributed by atoms with van der Waals surface area (Å²) in [6, 6.07) is 4.31. The number of nitrogens with zero attached hydrogens (tertiary/aromatic N) is 1. The summed E-state index contributed by atoms with van der Waals surface area (Å²) < 4.78 is 0. The lowest BCUT2D eigenvalue weighted by Gasteiger charge is -2.32. The summed E-state index contributed by atoms with van der Waals surface area (Å²) in [5, 5.41) is 0. The van der Waals surface area contributed by atoms with Gasteiger partial charge in [0.2, 0.25) is 0 Å². The molecule has 0 N–H and O–H groups in total. The molecule has 1 nitrogen and oxygen atoms in total. The molecule has 1 fully saturated rings. The van der Waals surface area contributed by atoms with Crippen LogP contribution in [0.5, 0.6) is 0 Å². The van der Waals surface area contributed by atoms with Gasteiger partial charge in [-0.25, -0.2) is 0 Å². The lowest BCUT2D eigenvalue weighted by atomic mass is 10.1. The van der Waals surface area contributed by atoms with Gasteiger partial charge in [-0.3, -0.25) is 0 Å². The average molecular weight is 239 g/mol. The largest absolute Gasteiger partial charge is 0.304 e. The maximum Gasteiger partial charge on any atom is 0.0781 e. The smallest absolute Gasteiger partial charge is 0.0781 e. The summed E-state index contributed by atoms with van der Waals surface area (Å²) in [6.45, 7) is 11.0. The van der Waals surface area contributed by atoms with Crippen molar-refractivity contribution < 1.29 is 0 Å². The Balaban J connectivity index is 2.42. The number of allylic oxidation sites excluding steroid dienone is 1. The van der Waals surface area contributed by atoms with Crippen molar-refractivity contribution in [3.8, 4) is 0 Å². The van der Waals surface area contributed by atoms with Gasteiger partial charge in [-0.05, 0) is 45.4 Å². The Bertz CT molecular complexity index is 203. The molecule has 0 saturated carbocycles. The van der Waals surface area contributed by atoms with E-state index < -0.39 is 8.07 Å². The van der Waals surface area contributed by atoms with Crippen LogP contribution < -0.4 is 0 Å². The van der Waals surface area contributed by atoms with Crippen molar-refractivity contribution in [3.05, 3.63) is 11.8 Å². The Labute approximate surface area is 103 Å². The molecule has 2 heteroatoms. The van der Waals surface area contributed by atoms with Gasteiger partial charge >= 0.3 is 0 Å². The molecule has 0 atom stereocenters. The van der Waals surface area contributed by atoms with E-state index in [1.807, 2.05) is 0 Å². The monoisotopic (exact) mass is 239 g/mol. The SMILES string of the molecule is C/C=C\[Si](CC)(CC)CCN1CCCCC1. The highest BCUT2D eigenvalue weighted by molar-refractivity contribution is 6.84. The second-order valence-corrected chi connectivity index (χ2v) is 10.2. The van der Waals surface area contributed by atoms with Crippen molar-refractivity contribution in [2.45, 2.75) is 58.2 Å². The topological polar surface area (TPSA) is 3.24 Å². The first-order valence-corrected chi connectivity index (χ1v) is 9.82. The molecule has 1 heterocycles. The summed E-state index contributed by atoms with van der Waals surface area (Å²) in [6.07, 6.45) is 6.61. The first kappa shape index (κ1) is 14.0. The van der Waals surface area contributed by atoms with Gasteiger partial charge in [0.1, 0.15) is 0 Å². The normalized spacial score (nSPS) is 19.4. The molecule has 0 spiro atoms. The molecule has 1 rings (SSSR count). The zero-order valence-corrected chi connectivity index (χ0v) is 12.5. The first-order chi connectivity index (χ1) is 7.76. The van der Waals surface area contributed by atoms with E-state index >= 15 is 0 Å². The van der Waals surface area contributed by atoms with Crippen LogP contribution in [0.4, 0.5) is 0 Å². The third-order valence-electron chi connectivity index (χ3n) is 4.30. The molecule has 0 aromatic rings. The Morgan fingerprint density at radius 2 is 1.69 bits per heavy atom. The maximum absolute atomic E-state index is 2.69. The molecule has 16 heavy (non-hydrogen) atoms. The molecule has 0 radical (unpaired) electrons. The van der Waals surface area contributed by atoms with Crippen LogP contribution in [0.3, 0.4) is 0 Å². The lowest BCUT2D eigenvalue weighted by molar-refractivity contribution is 0.239. The lowest BCUT2D eigenvalue weighted by Crippen LogP contribution is -2.38. The Hall–Kier alpha value is -0.0831. The molecule has 1 aliphatic heterocycles. The highest BCUT2D eigenvalue weighted by atomic mass is 28.3. The zero-order chi connectivity index (χ0) is 11.9. The number of hydrogen-bond acceptors (Lipinski definition) is 1. The van der Waals surface area contributed by atoms with Crippen molar-refractivity contribution in [1.82, 2.24) is 4.90 Å². The standard InChI is InChI=1S/C14H29NSi/c1-4-13-16(5-2,6-3)14-12-15-10-8-7-9-11-15/h4,13H,5-12,14H2,1-3H3/b13-4-. The van der Waals surface area contributed by atoms with Crippen molar-refractivity contribution in [2.75, 3.05) is 19.6 Å². The molecular formula is C14H29NSi. The number of likely N-dealkylation sites (tertiary alicyclic amines) is 1. The molecule has 0 bridgehead atoms. The summed E-state index contributed by atoms with van der Waals surface area (Å²) >= 11 is 0. The van der Waals surface area contributed by atoms with Crippen LogP contribution >= 0.6 is 0 Å². The van der Waals surface area contributed by atoms with Gasteiger partial charge in [0.05, 0.1) is 8.07 Å². The van der Waals surface area contributed by atoms with E-state index in [9.17, 15) is 0 Å². The fourth-order valence-corrected chi connectivity index (χ4v) is 6.15. The summed E-state index contributed by atoms with van der Waals surface area (Å²) in [4.78, 5) is 2.69. The number of hydrogen-bond donors (Lipinski definition) is 0. The van der Waals surface area contributed by atoms with E-state index in [1.165, 1.54) is 57.0 Å². The van der Waals surface area contributed by atoms with Crippen molar-refractivity contribution in [3.63, 3.8) is 0 Å². The van der Waals surface area contributed by atoms with Gasteiger partial charge < -0.3 is 4.90 Å². The van der Waals surface area contributed by atoms with E-state index in [4.69, 9.17) is 0 Å². The van der Waals surface area contributed by atoms with Crippen LogP contribution in [0, 0.1) is 0 Å². The van der Waals surface area contributed by atoms with Gasteiger partial charge in [0.15, 0.2) is 0 Å². The van der Waals surface area contributed by atoms with Crippen LogP contribution in [-0.2, 0) is 0 Å². The second kappa shape index (κ2) is 7.28. The zero-order valence-electron chi connectivity index (χ0n) is 11.5. The van der Waals surface area contributed by atoms with Gasteiger partial charge in [0, 0.05) is 0 Å². The van der Waals surface area contributed by atoms with Crippen molar-refractivity contribution in [1.29, 1.82) is 0 Å². The number of piperidine rings is 1. The third-order valence-corrected chi connectivity index (χ3v) is 9.38. The highest BCUT2D eigenvalue weighted by Crippen LogP contribution is 2.23. The molecule has 1 aliphatic rings. The Kier molecular flexibility index (Phi) is 6.36. The van der Waals surface area contributed by atoms with E-state index in [0.717, 1.165) is 0 Å². The molecule has 0 amide bonds. The van der Waals surface area contributed by atoms with E-state index in [2.05, 4.69) is 37.4 Å². The van der Waals surface area contributed by atoms with Crippen molar-refractivity contribution in [2.24, 2.45) is 0 Å². The summed E-state index contributed by atoms with van der Waals surface area (Å²) in [5.74, 6) is 0. The molecule has 0 aromatic heterocycles. The molecule has 0 aliphatic carbocycles. The quantitative estimate of drug-likeness (QED) is 0.631. The predicted octanol–water partition coefficient (Wildman–Crippen LogP) is 4.08.